The Morgan fingerprint density at radius 1 is 1.09 bits per heavy atom. The summed E-state index contributed by atoms with van der Waals surface area (Å²) in [6, 6.07) is 9.68. The second kappa shape index (κ2) is 5.49. The number of halogens is 1. The van der Waals surface area contributed by atoms with Gasteiger partial charge in [0.05, 0.1) is 15.4 Å². The van der Waals surface area contributed by atoms with Crippen LogP contribution in [-0.2, 0) is 10.0 Å². The van der Waals surface area contributed by atoms with Gasteiger partial charge in [0.1, 0.15) is 0 Å². The number of sulfonamides is 1. The highest BCUT2D eigenvalue weighted by Gasteiger charge is 2.13. The molecule has 0 saturated heterocycles. The van der Waals surface area contributed by atoms with Crippen LogP contribution in [0.5, 0.6) is 0 Å². The van der Waals surface area contributed by atoms with E-state index in [1.807, 2.05) is 0 Å². The van der Waals surface area contributed by atoms with Crippen LogP contribution in [0.4, 0.5) is 0 Å². The highest BCUT2D eigenvalue weighted by Crippen LogP contribution is 2.30. The number of rotatable bonds is 2. The van der Waals surface area contributed by atoms with Crippen LogP contribution in [0.3, 0.4) is 0 Å². The van der Waals surface area contributed by atoms with Crippen LogP contribution in [0, 0.1) is 6.92 Å². The molecule has 0 radical (unpaired) electrons. The molecule has 2 aromatic carbocycles. The third kappa shape index (κ3) is 2.88. The molecule has 3 rings (SSSR count). The number of H-pyrrole nitrogens is 1. The summed E-state index contributed by atoms with van der Waals surface area (Å²) < 4.78 is 23.0. The number of nitrogens with two attached hydrogens (primary N) is 1. The van der Waals surface area contributed by atoms with E-state index in [2.05, 4.69) is 4.98 Å². The normalized spacial score (nSPS) is 11.8. The summed E-state index contributed by atoms with van der Waals surface area (Å²) >= 11 is 6.24. The van der Waals surface area contributed by atoms with Crippen molar-refractivity contribution in [2.45, 2.75) is 11.8 Å². The van der Waals surface area contributed by atoms with Crippen LogP contribution in [-0.4, -0.2) is 13.4 Å². The maximum absolute atomic E-state index is 12.0. The number of fused-ring (bicyclic) bond motifs is 1. The lowest BCUT2D eigenvalue weighted by Gasteiger charge is -2.09. The Balaban J connectivity index is 2.24. The van der Waals surface area contributed by atoms with Gasteiger partial charge in [0, 0.05) is 17.6 Å². The standard InChI is InChI=1S/C16H13ClN2O3S/c1-9-6-10(2-3-15(9)23(18,21)22)11-7-12-14(20)4-5-19-16(12)13(17)8-11/h2-8H,1H3,(H,19,20)(H2,18,21,22). The fourth-order valence-corrected chi connectivity index (χ4v) is 3.59. The Hall–Kier alpha value is -2.15. The first kappa shape index (κ1) is 15.7. The molecule has 7 heteroatoms. The molecule has 0 aliphatic carbocycles. The third-order valence-corrected chi connectivity index (χ3v) is 5.00. The van der Waals surface area contributed by atoms with Gasteiger partial charge in [-0.05, 0) is 41.8 Å². The first-order valence-corrected chi connectivity index (χ1v) is 8.64. The molecule has 118 valence electrons. The lowest BCUT2D eigenvalue weighted by molar-refractivity contribution is 0.597. The number of aromatic nitrogens is 1. The fraction of sp³-hybridized carbons (Fsp3) is 0.0625. The minimum absolute atomic E-state index is 0.0750. The van der Waals surface area contributed by atoms with Gasteiger partial charge in [0.2, 0.25) is 10.0 Å². The van der Waals surface area contributed by atoms with Gasteiger partial charge in [0.25, 0.3) is 0 Å². The third-order valence-electron chi connectivity index (χ3n) is 3.63. The molecule has 0 bridgehead atoms. The van der Waals surface area contributed by atoms with E-state index in [9.17, 15) is 13.2 Å². The van der Waals surface area contributed by atoms with Crippen LogP contribution in [0.15, 0.2) is 52.3 Å². The highest BCUT2D eigenvalue weighted by molar-refractivity contribution is 7.89. The lowest BCUT2D eigenvalue weighted by Crippen LogP contribution is -2.13. The number of hydrogen-bond acceptors (Lipinski definition) is 3. The van der Waals surface area contributed by atoms with Crippen molar-refractivity contribution in [3.63, 3.8) is 0 Å². The van der Waals surface area contributed by atoms with E-state index in [0.29, 0.717) is 21.5 Å². The number of benzene rings is 2. The Morgan fingerprint density at radius 2 is 1.83 bits per heavy atom. The Morgan fingerprint density at radius 3 is 2.48 bits per heavy atom. The van der Waals surface area contributed by atoms with Gasteiger partial charge in [-0.2, -0.15) is 0 Å². The summed E-state index contributed by atoms with van der Waals surface area (Å²) in [4.78, 5) is 15.0. The van der Waals surface area contributed by atoms with E-state index in [4.69, 9.17) is 16.7 Å². The molecular formula is C16H13ClN2O3S. The molecule has 0 saturated carbocycles. The van der Waals surface area contributed by atoms with E-state index >= 15 is 0 Å². The van der Waals surface area contributed by atoms with Gasteiger partial charge >= 0.3 is 0 Å². The number of aromatic amines is 1. The average Bonchev–Trinajstić information content (AvgIpc) is 2.46. The predicted octanol–water partition coefficient (Wildman–Crippen LogP) is 2.80. The average molecular weight is 349 g/mol. The number of aryl methyl sites for hydroxylation is 1. The zero-order valence-electron chi connectivity index (χ0n) is 12.1. The smallest absolute Gasteiger partial charge is 0.238 e. The molecule has 0 atom stereocenters. The number of hydrogen-bond donors (Lipinski definition) is 2. The van der Waals surface area contributed by atoms with Crippen LogP contribution < -0.4 is 10.6 Å². The van der Waals surface area contributed by atoms with E-state index in [1.54, 1.807) is 37.4 Å². The van der Waals surface area contributed by atoms with Crippen LogP contribution in [0.2, 0.25) is 5.02 Å². The minimum atomic E-state index is -3.76. The molecule has 23 heavy (non-hydrogen) atoms. The molecule has 0 amide bonds. The molecular weight excluding hydrogens is 336 g/mol. The number of nitrogens with one attached hydrogen (secondary N) is 1. The van der Waals surface area contributed by atoms with Crippen molar-refractivity contribution < 1.29 is 8.42 Å². The zero-order valence-corrected chi connectivity index (χ0v) is 13.7. The van der Waals surface area contributed by atoms with Gasteiger partial charge in [0.15, 0.2) is 5.43 Å². The van der Waals surface area contributed by atoms with Gasteiger partial charge in [-0.1, -0.05) is 23.7 Å². The van der Waals surface area contributed by atoms with Crippen LogP contribution >= 0.6 is 11.6 Å². The van der Waals surface area contributed by atoms with Crippen molar-refractivity contribution in [1.29, 1.82) is 0 Å². The SMILES string of the molecule is Cc1cc(-c2cc(Cl)c3[nH]ccc(=O)c3c2)ccc1S(N)(=O)=O. The minimum Gasteiger partial charge on any atom is -0.360 e. The molecule has 0 aliphatic heterocycles. The molecule has 5 nitrogen and oxygen atoms in total. The second-order valence-corrected chi connectivity index (χ2v) is 7.18. The molecule has 1 aromatic heterocycles. The van der Waals surface area contributed by atoms with Crippen molar-refractivity contribution in [2.24, 2.45) is 5.14 Å². The monoisotopic (exact) mass is 348 g/mol. The second-order valence-electron chi connectivity index (χ2n) is 5.25. The summed E-state index contributed by atoms with van der Waals surface area (Å²) in [5.74, 6) is 0. The van der Waals surface area contributed by atoms with E-state index in [0.717, 1.165) is 11.1 Å². The van der Waals surface area contributed by atoms with Crippen LogP contribution in [0.25, 0.3) is 22.0 Å². The summed E-state index contributed by atoms with van der Waals surface area (Å²) in [5.41, 5.74) is 2.44. The molecule has 1 heterocycles. The maximum Gasteiger partial charge on any atom is 0.238 e. The Labute approximate surface area is 137 Å². The first-order chi connectivity index (χ1) is 10.8. The van der Waals surface area contributed by atoms with E-state index < -0.39 is 10.0 Å². The van der Waals surface area contributed by atoms with E-state index in [-0.39, 0.29) is 10.3 Å². The van der Waals surface area contributed by atoms with Crippen molar-refractivity contribution in [1.82, 2.24) is 4.98 Å². The summed E-state index contributed by atoms with van der Waals surface area (Å²) in [5, 5.41) is 6.07. The molecule has 0 unspecified atom stereocenters. The van der Waals surface area contributed by atoms with Crippen molar-refractivity contribution in [3.8, 4) is 11.1 Å². The largest absolute Gasteiger partial charge is 0.360 e. The molecule has 3 N–H and O–H groups in total. The molecule has 3 aromatic rings. The van der Waals surface area contributed by atoms with Gasteiger partial charge in [-0.25, -0.2) is 13.6 Å². The molecule has 0 aliphatic rings. The van der Waals surface area contributed by atoms with Crippen LogP contribution in [0.1, 0.15) is 5.56 Å². The topological polar surface area (TPSA) is 93.0 Å². The van der Waals surface area contributed by atoms with Crippen molar-refractivity contribution in [2.75, 3.05) is 0 Å². The lowest BCUT2D eigenvalue weighted by atomic mass is 10.0. The zero-order chi connectivity index (χ0) is 16.8. The predicted molar refractivity (Wildman–Crippen MR) is 91.1 cm³/mol. The van der Waals surface area contributed by atoms with Gasteiger partial charge in [-0.3, -0.25) is 4.79 Å². The summed E-state index contributed by atoms with van der Waals surface area (Å²) in [7, 11) is -3.76. The maximum atomic E-state index is 12.0. The quantitative estimate of drug-likeness (QED) is 0.745. The molecule has 0 spiro atoms. The molecule has 0 fully saturated rings. The van der Waals surface area contributed by atoms with Crippen molar-refractivity contribution >= 4 is 32.5 Å². The highest BCUT2D eigenvalue weighted by atomic mass is 35.5. The van der Waals surface area contributed by atoms with E-state index in [1.165, 1.54) is 12.1 Å². The van der Waals surface area contributed by atoms with Gasteiger partial charge < -0.3 is 4.98 Å². The van der Waals surface area contributed by atoms with Crippen molar-refractivity contribution in [3.05, 3.63) is 63.4 Å². The fourth-order valence-electron chi connectivity index (χ4n) is 2.55. The first-order valence-electron chi connectivity index (χ1n) is 6.72. The number of pyridine rings is 1. The Kier molecular flexibility index (Phi) is 3.75. The number of primary sulfonamides is 1. The summed E-state index contributed by atoms with van der Waals surface area (Å²) in [6.07, 6.45) is 1.54. The van der Waals surface area contributed by atoms with Gasteiger partial charge in [-0.15, -0.1) is 0 Å². The summed E-state index contributed by atoms with van der Waals surface area (Å²) in [6.45, 7) is 1.67. The Bertz CT molecular complexity index is 1090.